The van der Waals surface area contributed by atoms with Gasteiger partial charge in [-0.05, 0) is 24.1 Å². The zero-order valence-corrected chi connectivity index (χ0v) is 21.9. The van der Waals surface area contributed by atoms with Crippen LogP contribution in [0.5, 0.6) is 0 Å². The van der Waals surface area contributed by atoms with Crippen molar-refractivity contribution in [2.75, 3.05) is 17.2 Å². The van der Waals surface area contributed by atoms with Crippen molar-refractivity contribution in [2.24, 2.45) is 0 Å². The number of ether oxygens (including phenoxy) is 1. The van der Waals surface area contributed by atoms with Gasteiger partial charge in [-0.2, -0.15) is 9.97 Å². The fraction of sp³-hybridized carbons (Fsp3) is 0.321. The fourth-order valence-corrected chi connectivity index (χ4v) is 4.65. The summed E-state index contributed by atoms with van der Waals surface area (Å²) in [5.74, 6) is 1.62. The van der Waals surface area contributed by atoms with Gasteiger partial charge in [0.2, 0.25) is 5.95 Å². The Morgan fingerprint density at radius 1 is 0.925 bits per heavy atom. The Bertz CT molecular complexity index is 1560. The maximum Gasteiger partial charge on any atom is 0.226 e. The van der Waals surface area contributed by atoms with E-state index in [2.05, 4.69) is 35.7 Å². The van der Waals surface area contributed by atoms with Crippen molar-refractivity contribution >= 4 is 22.9 Å². The first-order valence-corrected chi connectivity index (χ1v) is 13.3. The second-order valence-electron chi connectivity index (χ2n) is 9.59. The molecule has 1 saturated heterocycles. The van der Waals surface area contributed by atoms with Crippen LogP contribution >= 0.6 is 0 Å². The molecule has 1 aliphatic heterocycles. The molecule has 0 saturated carbocycles. The third kappa shape index (κ3) is 5.37. The van der Waals surface area contributed by atoms with Crippen LogP contribution in [0.2, 0.25) is 0 Å². The van der Waals surface area contributed by atoms with Gasteiger partial charge in [-0.25, -0.2) is 4.98 Å². The molecular weight excluding hydrogens is 512 g/mol. The number of aromatic amines is 1. The number of imidazole rings is 1. The number of rotatable bonds is 10. The number of anilines is 2. The van der Waals surface area contributed by atoms with Gasteiger partial charge in [0.15, 0.2) is 17.2 Å². The van der Waals surface area contributed by atoms with E-state index in [1.807, 2.05) is 55.5 Å². The minimum absolute atomic E-state index is 0.321. The van der Waals surface area contributed by atoms with E-state index in [0.717, 1.165) is 17.0 Å². The Hall–Kier alpha value is -4.39. The Labute approximate surface area is 229 Å². The molecule has 1 aromatic carbocycles. The van der Waals surface area contributed by atoms with Gasteiger partial charge in [0.25, 0.3) is 0 Å². The van der Waals surface area contributed by atoms with E-state index in [1.54, 1.807) is 12.3 Å². The van der Waals surface area contributed by atoms with Crippen LogP contribution in [0.1, 0.15) is 47.7 Å². The number of hydrogen-bond acceptors (Lipinski definition) is 11. The average Bonchev–Trinajstić information content (AvgIpc) is 3.71. The molecule has 0 amide bonds. The van der Waals surface area contributed by atoms with Gasteiger partial charge in [0.1, 0.15) is 35.8 Å². The number of nitrogens with one attached hydrogen (secondary N) is 3. The van der Waals surface area contributed by atoms with Crippen LogP contribution in [0.25, 0.3) is 11.2 Å². The van der Waals surface area contributed by atoms with Gasteiger partial charge >= 0.3 is 0 Å². The van der Waals surface area contributed by atoms with Crippen LogP contribution in [0.3, 0.4) is 0 Å². The van der Waals surface area contributed by atoms with Crippen LogP contribution in [0.15, 0.2) is 65.3 Å². The van der Waals surface area contributed by atoms with E-state index in [-0.39, 0.29) is 0 Å². The van der Waals surface area contributed by atoms with Crippen molar-refractivity contribution in [3.8, 4) is 0 Å². The summed E-state index contributed by atoms with van der Waals surface area (Å²) >= 11 is 0. The van der Waals surface area contributed by atoms with Crippen molar-refractivity contribution in [2.45, 2.75) is 50.7 Å². The summed E-state index contributed by atoms with van der Waals surface area (Å²) in [7, 11) is 0. The van der Waals surface area contributed by atoms with Crippen molar-refractivity contribution in [3.63, 3.8) is 0 Å². The quantitative estimate of drug-likeness (QED) is 0.176. The Morgan fingerprint density at radius 2 is 1.75 bits per heavy atom. The van der Waals surface area contributed by atoms with E-state index in [9.17, 15) is 10.2 Å². The Balaban J connectivity index is 1.27. The van der Waals surface area contributed by atoms with Crippen LogP contribution in [-0.2, 0) is 24.1 Å². The van der Waals surface area contributed by atoms with Crippen molar-refractivity contribution in [1.82, 2.24) is 30.1 Å². The van der Waals surface area contributed by atoms with Crippen molar-refractivity contribution < 1.29 is 19.5 Å². The van der Waals surface area contributed by atoms with E-state index in [4.69, 9.17) is 14.2 Å². The zero-order valence-electron chi connectivity index (χ0n) is 21.9. The summed E-state index contributed by atoms with van der Waals surface area (Å²) in [6.45, 7) is 3.06. The molecule has 5 N–H and O–H groups in total. The summed E-state index contributed by atoms with van der Waals surface area (Å²) in [6, 6.07) is 17.5. The number of aromatic nitrogens is 6. The molecule has 12 nitrogen and oxygen atoms in total. The molecule has 0 aliphatic carbocycles. The molecule has 0 bridgehead atoms. The highest BCUT2D eigenvalue weighted by Crippen LogP contribution is 2.41. The molecular formula is C28H30N8O4. The molecule has 5 aromatic rings. The van der Waals surface area contributed by atoms with Gasteiger partial charge in [-0.3, -0.25) is 4.98 Å². The first kappa shape index (κ1) is 25.9. The SMILES string of the molecule is CCc1cc([C@H]2O[C@H](c3nc4nc(NCCc5ccccn5)nc(NCc5ccccc5)c4[nH]3)[C@H](O)[C@@H]2O)on1. The topological polar surface area (TPSA) is 167 Å². The highest BCUT2D eigenvalue weighted by molar-refractivity contribution is 5.84. The summed E-state index contributed by atoms with van der Waals surface area (Å²) in [5, 5.41) is 32.2. The first-order chi connectivity index (χ1) is 19.6. The van der Waals surface area contributed by atoms with Gasteiger partial charge < -0.3 is 35.1 Å². The van der Waals surface area contributed by atoms with Crippen LogP contribution in [-0.4, -0.2) is 59.0 Å². The average molecular weight is 543 g/mol. The molecule has 0 radical (unpaired) electrons. The summed E-state index contributed by atoms with van der Waals surface area (Å²) < 4.78 is 11.4. The lowest BCUT2D eigenvalue weighted by Gasteiger charge is -2.11. The molecule has 0 spiro atoms. The zero-order chi connectivity index (χ0) is 27.5. The van der Waals surface area contributed by atoms with Gasteiger partial charge in [0, 0.05) is 37.5 Å². The predicted octanol–water partition coefficient (Wildman–Crippen LogP) is 3.10. The molecule has 6 rings (SSSR count). The molecule has 12 heteroatoms. The van der Waals surface area contributed by atoms with E-state index >= 15 is 0 Å². The number of nitrogens with zero attached hydrogens (tertiary/aromatic N) is 5. The number of aryl methyl sites for hydroxylation is 1. The molecule has 5 heterocycles. The van der Waals surface area contributed by atoms with Crippen LogP contribution in [0.4, 0.5) is 11.8 Å². The molecule has 1 aliphatic rings. The van der Waals surface area contributed by atoms with Crippen molar-refractivity contribution in [3.05, 3.63) is 89.3 Å². The van der Waals surface area contributed by atoms with E-state index < -0.39 is 24.4 Å². The maximum atomic E-state index is 10.9. The number of fused-ring (bicyclic) bond motifs is 1. The third-order valence-corrected chi connectivity index (χ3v) is 6.82. The number of benzene rings is 1. The van der Waals surface area contributed by atoms with E-state index in [0.29, 0.717) is 60.4 Å². The molecule has 4 atom stereocenters. The lowest BCUT2D eigenvalue weighted by Crippen LogP contribution is -2.27. The highest BCUT2D eigenvalue weighted by atomic mass is 16.6. The van der Waals surface area contributed by atoms with Gasteiger partial charge in [0.05, 0.1) is 5.69 Å². The number of aliphatic hydroxyl groups is 2. The second-order valence-corrected chi connectivity index (χ2v) is 9.59. The summed E-state index contributed by atoms with van der Waals surface area (Å²) in [4.78, 5) is 21.5. The second kappa shape index (κ2) is 11.4. The number of aliphatic hydroxyl groups excluding tert-OH is 2. The normalized spacial score (nSPS) is 20.7. The highest BCUT2D eigenvalue weighted by Gasteiger charge is 2.47. The fourth-order valence-electron chi connectivity index (χ4n) is 4.65. The largest absolute Gasteiger partial charge is 0.387 e. The minimum atomic E-state index is -1.25. The Morgan fingerprint density at radius 3 is 2.52 bits per heavy atom. The molecule has 40 heavy (non-hydrogen) atoms. The standard InChI is InChI=1S/C28H30N8O4/c1-2-17-14-19(40-36-17)23-21(37)22(38)24(39-23)27-32-20-25(31-15-16-8-4-3-5-9-16)34-28(35-26(20)33-27)30-13-11-18-10-6-7-12-29-18/h3-10,12,14,21-24,37-38H,2,11,13,15H2,1H3,(H3,30,31,32,33,34,35)/t21-,22+,23+,24-/m0/s1. The van der Waals surface area contributed by atoms with Crippen LogP contribution in [0, 0.1) is 0 Å². The number of pyridine rings is 1. The van der Waals surface area contributed by atoms with Gasteiger partial charge in [-0.15, -0.1) is 0 Å². The smallest absolute Gasteiger partial charge is 0.226 e. The van der Waals surface area contributed by atoms with Crippen molar-refractivity contribution in [1.29, 1.82) is 0 Å². The minimum Gasteiger partial charge on any atom is -0.387 e. The summed E-state index contributed by atoms with van der Waals surface area (Å²) in [5.41, 5.74) is 3.72. The first-order valence-electron chi connectivity index (χ1n) is 13.3. The maximum absolute atomic E-state index is 10.9. The number of H-pyrrole nitrogens is 1. The Kier molecular flexibility index (Phi) is 7.36. The predicted molar refractivity (Wildman–Crippen MR) is 146 cm³/mol. The molecule has 4 aromatic heterocycles. The molecule has 1 fully saturated rings. The summed E-state index contributed by atoms with van der Waals surface area (Å²) in [6.07, 6.45) is -1.15. The lowest BCUT2D eigenvalue weighted by atomic mass is 10.1. The van der Waals surface area contributed by atoms with Gasteiger partial charge in [-0.1, -0.05) is 48.5 Å². The monoisotopic (exact) mass is 542 g/mol. The lowest BCUT2D eigenvalue weighted by molar-refractivity contribution is -0.0111. The third-order valence-electron chi connectivity index (χ3n) is 6.82. The van der Waals surface area contributed by atoms with Crippen LogP contribution < -0.4 is 10.6 Å². The van der Waals surface area contributed by atoms with E-state index in [1.165, 1.54) is 0 Å². The number of hydrogen-bond donors (Lipinski definition) is 5. The molecule has 206 valence electrons. The molecule has 0 unspecified atom stereocenters.